The summed E-state index contributed by atoms with van der Waals surface area (Å²) >= 11 is 9.64. The average Bonchev–Trinajstić information content (AvgIpc) is 2.86. The smallest absolute Gasteiger partial charge is 0.146 e. The van der Waals surface area contributed by atoms with Gasteiger partial charge in [-0.2, -0.15) is 0 Å². The molecule has 0 fully saturated rings. The Morgan fingerprint density at radius 1 is 1.20 bits per heavy atom. The van der Waals surface area contributed by atoms with Gasteiger partial charge in [-0.1, -0.05) is 18.2 Å². The highest BCUT2D eigenvalue weighted by Gasteiger charge is 2.16. The Balaban J connectivity index is 2.37. The van der Waals surface area contributed by atoms with Crippen molar-refractivity contribution in [3.05, 3.63) is 52.8 Å². The zero-order valence-electron chi connectivity index (χ0n) is 10.8. The zero-order chi connectivity index (χ0) is 14.1. The van der Waals surface area contributed by atoms with Crippen LogP contribution >= 0.6 is 27.5 Å². The van der Waals surface area contributed by atoms with Crippen molar-refractivity contribution in [2.75, 3.05) is 7.11 Å². The molecule has 0 aliphatic heterocycles. The molecule has 0 radical (unpaired) electrons. The van der Waals surface area contributed by atoms with E-state index in [9.17, 15) is 0 Å². The normalized spacial score (nSPS) is 10.9. The molecular formula is C15H12BrClN2O. The topological polar surface area (TPSA) is 27.1 Å². The van der Waals surface area contributed by atoms with Gasteiger partial charge in [0.25, 0.3) is 0 Å². The molecule has 3 rings (SSSR count). The van der Waals surface area contributed by atoms with Gasteiger partial charge in [0.05, 0.1) is 24.2 Å². The third-order valence-corrected chi connectivity index (χ3v) is 4.06. The molecule has 20 heavy (non-hydrogen) atoms. The molecule has 0 amide bonds. The second kappa shape index (κ2) is 5.46. The Hall–Kier alpha value is -1.52. The first-order valence-electron chi connectivity index (χ1n) is 6.11. The Morgan fingerprint density at radius 3 is 2.70 bits per heavy atom. The minimum absolute atomic E-state index is 0.333. The lowest BCUT2D eigenvalue weighted by molar-refractivity contribution is 0.419. The molecule has 0 saturated heterocycles. The predicted molar refractivity (Wildman–Crippen MR) is 84.9 cm³/mol. The number of hydrogen-bond acceptors (Lipinski definition) is 2. The van der Waals surface area contributed by atoms with Gasteiger partial charge >= 0.3 is 0 Å². The largest absolute Gasteiger partial charge is 0.494 e. The molecule has 3 aromatic rings. The van der Waals surface area contributed by atoms with Gasteiger partial charge in [0, 0.05) is 4.47 Å². The molecular weight excluding hydrogens is 340 g/mol. The fourth-order valence-corrected chi connectivity index (χ4v) is 2.92. The summed E-state index contributed by atoms with van der Waals surface area (Å²) in [6.07, 6.45) is 0. The predicted octanol–water partition coefficient (Wildman–Crippen LogP) is 4.54. The van der Waals surface area contributed by atoms with Crippen LogP contribution in [0, 0.1) is 0 Å². The van der Waals surface area contributed by atoms with Gasteiger partial charge in [0.2, 0.25) is 0 Å². The number of methoxy groups -OCH3 is 1. The van der Waals surface area contributed by atoms with Crippen LogP contribution in [0.4, 0.5) is 0 Å². The number of para-hydroxylation sites is 2. The number of fused-ring (bicyclic) bond motifs is 1. The number of hydrogen-bond donors (Lipinski definition) is 0. The number of imidazole rings is 1. The lowest BCUT2D eigenvalue weighted by Gasteiger charge is -2.10. The van der Waals surface area contributed by atoms with Crippen LogP contribution in [0.15, 0.2) is 46.9 Å². The summed E-state index contributed by atoms with van der Waals surface area (Å²) < 4.78 is 8.42. The molecule has 0 bridgehead atoms. The second-order valence-corrected chi connectivity index (χ2v) is 5.40. The Bertz CT molecular complexity index is 770. The second-order valence-electron chi connectivity index (χ2n) is 4.28. The molecule has 0 aliphatic carbocycles. The summed E-state index contributed by atoms with van der Waals surface area (Å²) in [5.74, 6) is 1.87. The maximum atomic E-state index is 6.06. The van der Waals surface area contributed by atoms with E-state index in [2.05, 4.69) is 25.5 Å². The fraction of sp³-hybridized carbons (Fsp3) is 0.133. The van der Waals surface area contributed by atoms with Crippen LogP contribution in [-0.4, -0.2) is 16.7 Å². The van der Waals surface area contributed by atoms with Crippen molar-refractivity contribution in [3.8, 4) is 11.4 Å². The van der Waals surface area contributed by atoms with E-state index in [-0.39, 0.29) is 0 Å². The number of alkyl halides is 1. The molecule has 0 aliphatic rings. The lowest BCUT2D eigenvalue weighted by atomic mass is 10.2. The monoisotopic (exact) mass is 350 g/mol. The number of benzene rings is 2. The van der Waals surface area contributed by atoms with Crippen LogP contribution < -0.4 is 4.74 Å². The number of aromatic nitrogens is 2. The Morgan fingerprint density at radius 2 is 2.00 bits per heavy atom. The van der Waals surface area contributed by atoms with Crippen molar-refractivity contribution in [1.82, 2.24) is 9.55 Å². The number of ether oxygens (including phenoxy) is 1. The Labute approximate surface area is 130 Å². The lowest BCUT2D eigenvalue weighted by Crippen LogP contribution is -1.99. The number of nitrogens with zero attached hydrogens (tertiary/aromatic N) is 2. The van der Waals surface area contributed by atoms with Gasteiger partial charge in [-0.25, -0.2) is 4.98 Å². The van der Waals surface area contributed by atoms with Crippen LogP contribution in [0.25, 0.3) is 16.7 Å². The molecule has 5 heteroatoms. The average molecular weight is 352 g/mol. The first-order chi connectivity index (χ1) is 9.76. The molecule has 2 aromatic carbocycles. The third kappa shape index (κ3) is 2.09. The molecule has 102 valence electrons. The van der Waals surface area contributed by atoms with Crippen molar-refractivity contribution < 1.29 is 4.74 Å². The van der Waals surface area contributed by atoms with Crippen LogP contribution in [0.3, 0.4) is 0 Å². The molecule has 0 spiro atoms. The van der Waals surface area contributed by atoms with Gasteiger partial charge in [-0.3, -0.25) is 4.57 Å². The van der Waals surface area contributed by atoms with E-state index in [1.807, 2.05) is 42.5 Å². The number of rotatable bonds is 3. The molecule has 0 N–H and O–H groups in total. The van der Waals surface area contributed by atoms with Crippen LogP contribution in [0.1, 0.15) is 5.82 Å². The SMILES string of the molecule is COc1cccc2c1nc(CCl)n2-c1ccccc1Br. The fourth-order valence-electron chi connectivity index (χ4n) is 2.28. The van der Waals surface area contributed by atoms with Crippen molar-refractivity contribution in [2.24, 2.45) is 0 Å². The van der Waals surface area contributed by atoms with Crippen molar-refractivity contribution in [3.63, 3.8) is 0 Å². The van der Waals surface area contributed by atoms with Gasteiger partial charge in [-0.05, 0) is 40.2 Å². The standard InChI is InChI=1S/C15H12BrClN2O/c1-20-13-8-4-7-12-15(13)18-14(9-17)19(12)11-6-3-2-5-10(11)16/h2-8H,9H2,1H3. The van der Waals surface area contributed by atoms with Crippen molar-refractivity contribution >= 4 is 38.6 Å². The molecule has 1 heterocycles. The first kappa shape index (κ1) is 13.5. The highest BCUT2D eigenvalue weighted by atomic mass is 79.9. The molecule has 0 unspecified atom stereocenters. The molecule has 1 aromatic heterocycles. The van der Waals surface area contributed by atoms with Gasteiger partial charge < -0.3 is 4.74 Å². The zero-order valence-corrected chi connectivity index (χ0v) is 13.1. The van der Waals surface area contributed by atoms with E-state index in [0.717, 1.165) is 32.8 Å². The molecule has 0 atom stereocenters. The quantitative estimate of drug-likeness (QED) is 0.648. The molecule has 3 nitrogen and oxygen atoms in total. The van der Waals surface area contributed by atoms with E-state index >= 15 is 0 Å². The van der Waals surface area contributed by atoms with Crippen LogP contribution in [-0.2, 0) is 5.88 Å². The number of halogens is 2. The summed E-state index contributed by atoms with van der Waals surface area (Å²) in [5.41, 5.74) is 2.81. The summed E-state index contributed by atoms with van der Waals surface area (Å²) in [7, 11) is 1.65. The summed E-state index contributed by atoms with van der Waals surface area (Å²) in [6.45, 7) is 0. The van der Waals surface area contributed by atoms with E-state index in [1.165, 1.54) is 0 Å². The highest BCUT2D eigenvalue weighted by Crippen LogP contribution is 2.31. The van der Waals surface area contributed by atoms with Gasteiger partial charge in [0.1, 0.15) is 17.1 Å². The third-order valence-electron chi connectivity index (χ3n) is 3.15. The maximum absolute atomic E-state index is 6.06. The van der Waals surface area contributed by atoms with E-state index in [4.69, 9.17) is 16.3 Å². The minimum Gasteiger partial charge on any atom is -0.494 e. The highest BCUT2D eigenvalue weighted by molar-refractivity contribution is 9.10. The van der Waals surface area contributed by atoms with Gasteiger partial charge in [0.15, 0.2) is 0 Å². The summed E-state index contributed by atoms with van der Waals surface area (Å²) in [6, 6.07) is 13.9. The summed E-state index contributed by atoms with van der Waals surface area (Å²) in [5, 5.41) is 0. The maximum Gasteiger partial charge on any atom is 0.146 e. The Kier molecular flexibility index (Phi) is 3.68. The van der Waals surface area contributed by atoms with Crippen LogP contribution in [0.5, 0.6) is 5.75 Å². The van der Waals surface area contributed by atoms with Crippen molar-refractivity contribution in [2.45, 2.75) is 5.88 Å². The van der Waals surface area contributed by atoms with Gasteiger partial charge in [-0.15, -0.1) is 11.6 Å². The summed E-state index contributed by atoms with van der Waals surface area (Å²) in [4.78, 5) is 4.60. The van der Waals surface area contributed by atoms with E-state index in [0.29, 0.717) is 5.88 Å². The minimum atomic E-state index is 0.333. The van der Waals surface area contributed by atoms with E-state index in [1.54, 1.807) is 7.11 Å². The first-order valence-corrected chi connectivity index (χ1v) is 7.44. The van der Waals surface area contributed by atoms with Crippen LogP contribution in [0.2, 0.25) is 0 Å². The van der Waals surface area contributed by atoms with Crippen molar-refractivity contribution in [1.29, 1.82) is 0 Å². The van der Waals surface area contributed by atoms with E-state index < -0.39 is 0 Å². The molecule has 0 saturated carbocycles.